The minimum Gasteiger partial charge on any atom is -0.361 e. The number of nitrogens with one attached hydrogen (secondary N) is 2. The van der Waals surface area contributed by atoms with Crippen molar-refractivity contribution in [3.05, 3.63) is 45.6 Å². The van der Waals surface area contributed by atoms with Gasteiger partial charge in [-0.3, -0.25) is 20.2 Å². The Morgan fingerprint density at radius 3 is 2.70 bits per heavy atom. The highest BCUT2D eigenvalue weighted by Gasteiger charge is 2.33. The summed E-state index contributed by atoms with van der Waals surface area (Å²) in [5.74, 6) is -0.0253. The minimum absolute atomic E-state index is 0.0253. The van der Waals surface area contributed by atoms with Gasteiger partial charge in [-0.1, -0.05) is 17.7 Å². The van der Waals surface area contributed by atoms with E-state index in [9.17, 15) is 23.3 Å². The van der Waals surface area contributed by atoms with Crippen molar-refractivity contribution >= 4 is 23.1 Å². The van der Waals surface area contributed by atoms with Crippen LogP contribution in [0.4, 0.5) is 24.7 Å². The summed E-state index contributed by atoms with van der Waals surface area (Å²) in [6.45, 7) is 3.67. The maximum atomic E-state index is 12.6. The predicted molar refractivity (Wildman–Crippen MR) is 77.2 cm³/mol. The third-order valence-electron chi connectivity index (χ3n) is 2.74. The average Bonchev–Trinajstić information content (AvgIpc) is 2.87. The number of rotatable bonds is 5. The van der Waals surface area contributed by atoms with Crippen LogP contribution in [0, 0.1) is 10.1 Å². The Balaban J connectivity index is 2.52. The van der Waals surface area contributed by atoms with E-state index in [1.807, 2.05) is 0 Å². The number of hydrogen-bond acceptors (Lipinski definition) is 5. The van der Waals surface area contributed by atoms with E-state index in [1.165, 1.54) is 6.08 Å². The first kappa shape index (κ1) is 16.7. The molecule has 11 heteroatoms. The largest absolute Gasteiger partial charge is 0.417 e. The summed E-state index contributed by atoms with van der Waals surface area (Å²) in [7, 11) is 0. The van der Waals surface area contributed by atoms with Crippen LogP contribution >= 0.6 is 11.6 Å². The molecule has 2 heterocycles. The fourth-order valence-corrected chi connectivity index (χ4v) is 2.00. The highest BCUT2D eigenvalue weighted by molar-refractivity contribution is 6.33. The molecule has 0 aliphatic rings. The molecule has 2 aromatic heterocycles. The molecular formula is C12H9ClF3N5O2. The van der Waals surface area contributed by atoms with Gasteiger partial charge < -0.3 is 5.32 Å². The number of nitrogens with zero attached hydrogens (tertiary/aromatic N) is 3. The van der Waals surface area contributed by atoms with Gasteiger partial charge in [0.2, 0.25) is 5.82 Å². The first-order chi connectivity index (χ1) is 10.8. The molecule has 0 bridgehead atoms. The van der Waals surface area contributed by atoms with Crippen molar-refractivity contribution < 1.29 is 18.1 Å². The molecule has 0 unspecified atom stereocenters. The van der Waals surface area contributed by atoms with E-state index >= 15 is 0 Å². The van der Waals surface area contributed by atoms with E-state index in [4.69, 9.17) is 11.6 Å². The normalized spacial score (nSPS) is 11.3. The third kappa shape index (κ3) is 3.42. The molecule has 2 aromatic rings. The van der Waals surface area contributed by atoms with Crippen molar-refractivity contribution in [3.8, 4) is 11.4 Å². The van der Waals surface area contributed by atoms with Crippen molar-refractivity contribution in [2.75, 3.05) is 11.9 Å². The molecule has 0 spiro atoms. The quantitative estimate of drug-likeness (QED) is 0.489. The van der Waals surface area contributed by atoms with Crippen LogP contribution < -0.4 is 5.32 Å². The fourth-order valence-electron chi connectivity index (χ4n) is 1.74. The summed E-state index contributed by atoms with van der Waals surface area (Å²) >= 11 is 5.78. The van der Waals surface area contributed by atoms with Crippen molar-refractivity contribution in [2.24, 2.45) is 0 Å². The number of nitro groups is 1. The number of halogens is 4. The van der Waals surface area contributed by atoms with E-state index in [-0.39, 0.29) is 23.8 Å². The Labute approximate surface area is 132 Å². The minimum atomic E-state index is -4.62. The summed E-state index contributed by atoms with van der Waals surface area (Å²) in [6, 6.07) is 0.638. The molecule has 0 aliphatic carbocycles. The number of H-pyrrole nitrogens is 1. The van der Waals surface area contributed by atoms with Crippen LogP contribution in [0.1, 0.15) is 5.56 Å². The van der Waals surface area contributed by atoms with Crippen molar-refractivity contribution in [2.45, 2.75) is 6.18 Å². The smallest absolute Gasteiger partial charge is 0.361 e. The van der Waals surface area contributed by atoms with Gasteiger partial charge in [-0.2, -0.15) is 18.3 Å². The van der Waals surface area contributed by atoms with E-state index in [2.05, 4.69) is 27.1 Å². The average molecular weight is 348 g/mol. The molecule has 2 N–H and O–H groups in total. The lowest BCUT2D eigenvalue weighted by Crippen LogP contribution is -2.06. The van der Waals surface area contributed by atoms with E-state index in [1.54, 1.807) is 0 Å². The van der Waals surface area contributed by atoms with Gasteiger partial charge in [-0.05, 0) is 6.07 Å². The van der Waals surface area contributed by atoms with E-state index in [0.29, 0.717) is 12.3 Å². The van der Waals surface area contributed by atoms with Crippen molar-refractivity contribution in [3.63, 3.8) is 0 Å². The Kier molecular flexibility index (Phi) is 4.55. The number of aromatic amines is 1. The Morgan fingerprint density at radius 2 is 2.17 bits per heavy atom. The maximum Gasteiger partial charge on any atom is 0.417 e. The van der Waals surface area contributed by atoms with Crippen LogP contribution in [0.3, 0.4) is 0 Å². The molecule has 0 radical (unpaired) electrons. The molecule has 7 nitrogen and oxygen atoms in total. The lowest BCUT2D eigenvalue weighted by Gasteiger charge is -2.07. The SMILES string of the molecule is C=CCNc1[nH]nc(-c2ncc(C(F)(F)F)cc2Cl)c1[N+](=O)[O-]. The molecule has 0 saturated heterocycles. The van der Waals surface area contributed by atoms with Gasteiger partial charge in [0.05, 0.1) is 15.5 Å². The molecule has 0 fully saturated rings. The molecule has 0 aliphatic heterocycles. The van der Waals surface area contributed by atoms with Crippen LogP contribution in [-0.2, 0) is 6.18 Å². The first-order valence-electron chi connectivity index (χ1n) is 6.06. The van der Waals surface area contributed by atoms with Gasteiger partial charge in [0, 0.05) is 12.7 Å². The van der Waals surface area contributed by atoms with E-state index < -0.39 is 27.4 Å². The number of pyridine rings is 1. The molecule has 23 heavy (non-hydrogen) atoms. The zero-order valence-corrected chi connectivity index (χ0v) is 12.1. The standard InChI is InChI=1S/C12H9ClF3N5O2/c1-2-3-17-11-10(21(22)23)9(19-20-11)8-7(13)4-6(5-18-8)12(14,15)16/h2,4-5H,1,3H2,(H2,17,19,20). The van der Waals surface area contributed by atoms with Gasteiger partial charge in [-0.25, -0.2) is 0 Å². The zero-order chi connectivity index (χ0) is 17.2. The maximum absolute atomic E-state index is 12.6. The summed E-state index contributed by atoms with van der Waals surface area (Å²) in [5, 5.41) is 19.6. The van der Waals surface area contributed by atoms with Crippen LogP contribution in [0.25, 0.3) is 11.4 Å². The zero-order valence-electron chi connectivity index (χ0n) is 11.3. The van der Waals surface area contributed by atoms with Crippen LogP contribution in [0.2, 0.25) is 5.02 Å². The summed E-state index contributed by atoms with van der Waals surface area (Å²) in [5.41, 5.74) is -2.02. The number of anilines is 1. The Morgan fingerprint density at radius 1 is 1.48 bits per heavy atom. The van der Waals surface area contributed by atoms with Crippen LogP contribution in [-0.4, -0.2) is 26.6 Å². The van der Waals surface area contributed by atoms with E-state index in [0.717, 1.165) is 0 Å². The second-order valence-corrected chi connectivity index (χ2v) is 4.68. The van der Waals surface area contributed by atoms with Gasteiger partial charge in [0.15, 0.2) is 5.69 Å². The molecule has 0 aromatic carbocycles. The molecule has 0 atom stereocenters. The first-order valence-corrected chi connectivity index (χ1v) is 6.44. The van der Waals surface area contributed by atoms with Gasteiger partial charge in [-0.15, -0.1) is 6.58 Å². The Bertz CT molecular complexity index is 760. The summed E-state index contributed by atoms with van der Waals surface area (Å²) < 4.78 is 37.8. The molecule has 2 rings (SSSR count). The molecule has 0 saturated carbocycles. The van der Waals surface area contributed by atoms with Crippen molar-refractivity contribution in [1.82, 2.24) is 15.2 Å². The number of aromatic nitrogens is 3. The molecular weight excluding hydrogens is 339 g/mol. The second-order valence-electron chi connectivity index (χ2n) is 4.27. The lowest BCUT2D eigenvalue weighted by atomic mass is 10.2. The lowest BCUT2D eigenvalue weighted by molar-refractivity contribution is -0.383. The highest BCUT2D eigenvalue weighted by atomic mass is 35.5. The topological polar surface area (TPSA) is 96.7 Å². The van der Waals surface area contributed by atoms with Gasteiger partial charge >= 0.3 is 11.9 Å². The highest BCUT2D eigenvalue weighted by Crippen LogP contribution is 2.38. The number of hydrogen-bond donors (Lipinski definition) is 2. The van der Waals surface area contributed by atoms with Crippen molar-refractivity contribution in [1.29, 1.82) is 0 Å². The fraction of sp³-hybridized carbons (Fsp3) is 0.167. The summed E-state index contributed by atoms with van der Waals surface area (Å²) in [4.78, 5) is 14.0. The summed E-state index contributed by atoms with van der Waals surface area (Å²) in [6.07, 6.45) is -2.62. The number of alkyl halides is 3. The van der Waals surface area contributed by atoms with Crippen LogP contribution in [0.15, 0.2) is 24.9 Å². The van der Waals surface area contributed by atoms with Gasteiger partial charge in [0.1, 0.15) is 5.69 Å². The third-order valence-corrected chi connectivity index (χ3v) is 3.03. The van der Waals surface area contributed by atoms with Gasteiger partial charge in [0.25, 0.3) is 0 Å². The monoisotopic (exact) mass is 347 g/mol. The Hall–Kier alpha value is -2.62. The molecule has 0 amide bonds. The second kappa shape index (κ2) is 6.24. The predicted octanol–water partition coefficient (Wildman–Crippen LogP) is 3.65. The molecule has 122 valence electrons. The van der Waals surface area contributed by atoms with Crippen LogP contribution in [0.5, 0.6) is 0 Å².